The molecule has 334 valence electrons. The summed E-state index contributed by atoms with van der Waals surface area (Å²) in [4.78, 5) is 66.5. The van der Waals surface area contributed by atoms with Gasteiger partial charge in [-0.25, -0.2) is 9.06 Å². The van der Waals surface area contributed by atoms with Crippen molar-refractivity contribution < 1.29 is 37.8 Å². The lowest BCUT2D eigenvalue weighted by Gasteiger charge is -2.37. The van der Waals surface area contributed by atoms with Gasteiger partial charge >= 0.3 is 13.5 Å². The van der Waals surface area contributed by atoms with Crippen molar-refractivity contribution >= 4 is 58.3 Å². The van der Waals surface area contributed by atoms with Gasteiger partial charge < -0.3 is 29.6 Å². The van der Waals surface area contributed by atoms with E-state index >= 15 is 4.39 Å². The van der Waals surface area contributed by atoms with Crippen molar-refractivity contribution in [2.24, 2.45) is 11.8 Å². The second-order valence-corrected chi connectivity index (χ2v) is 21.9. The number of hydrogen-bond donors (Lipinski definition) is 2. The number of thiophene rings is 1. The maximum absolute atomic E-state index is 16.9. The van der Waals surface area contributed by atoms with E-state index in [1.54, 1.807) is 55.6 Å². The molecule has 9 rings (SSSR count). The highest BCUT2D eigenvalue weighted by atomic mass is 32.1. The third-order valence-corrected chi connectivity index (χ3v) is 17.9. The summed E-state index contributed by atoms with van der Waals surface area (Å²) >= 11 is 1.20. The summed E-state index contributed by atoms with van der Waals surface area (Å²) < 4.78 is 39.5. The molecule has 5 fully saturated rings. The number of carbonyl (C=O) groups is 4. The van der Waals surface area contributed by atoms with Crippen molar-refractivity contribution in [3.8, 4) is 5.75 Å². The van der Waals surface area contributed by atoms with E-state index in [9.17, 15) is 28.8 Å². The lowest BCUT2D eigenvalue weighted by Crippen LogP contribution is -2.57. The minimum Gasteiger partial charge on any atom is -0.480 e. The first-order valence-electron chi connectivity index (χ1n) is 22.3. The Balaban J connectivity index is 0.943. The van der Waals surface area contributed by atoms with Gasteiger partial charge in [0.2, 0.25) is 17.7 Å². The Bertz CT molecular complexity index is 2470. The number of benzene rings is 2. The fourth-order valence-corrected chi connectivity index (χ4v) is 14.1. The van der Waals surface area contributed by atoms with Crippen molar-refractivity contribution in [2.75, 3.05) is 32.1 Å². The standard InChI is InChI=1S/C47H56FN6O7PS/c1-5-19-53(28(2)46(58)59)62(60,61-35-9-7-6-8-10-35)42(48)29-11-14-40-32(20-29)24-41(63-40)43(55)50-37-23-31-21-30(31)22-34-12-13-39(54(34)44(37)56)45(57)52-27-33(25-47(52)16-17-47)36-26-49-18-15-38(36)51(3)4/h6-11,14-15,18,20,24,26,28,30-31,33-34,37,39,42H,5,12-13,16-17,19,21-23,25,27H2,1-4H3,(H,50,55)(H,58,59)/t28-,30+,31-,33-,34+,37-,39-,42+,62-/m0/s1. The molecule has 3 saturated heterocycles. The van der Waals surface area contributed by atoms with E-state index in [2.05, 4.69) is 20.1 Å². The number of aliphatic carboxylic acids is 1. The molecule has 1 spiro atoms. The molecule has 2 aromatic carbocycles. The Morgan fingerprint density at radius 3 is 2.54 bits per heavy atom. The Morgan fingerprint density at radius 1 is 1.06 bits per heavy atom. The number of carboxylic acids is 1. The van der Waals surface area contributed by atoms with Gasteiger partial charge in [-0.15, -0.1) is 11.3 Å². The molecule has 2 N–H and O–H groups in total. The number of carboxylic acid groups (broad SMARTS) is 1. The summed E-state index contributed by atoms with van der Waals surface area (Å²) in [6.07, 6.45) is 10.6. The summed E-state index contributed by atoms with van der Waals surface area (Å²) in [5.74, 6) is -3.03. The summed E-state index contributed by atoms with van der Waals surface area (Å²) in [7, 11) is -0.501. The van der Waals surface area contributed by atoms with E-state index in [1.807, 2.05) is 31.3 Å². The van der Waals surface area contributed by atoms with Crippen LogP contribution in [0.4, 0.5) is 10.1 Å². The number of amides is 3. The zero-order valence-electron chi connectivity index (χ0n) is 36.2. The molecule has 2 aromatic heterocycles. The molecule has 63 heavy (non-hydrogen) atoms. The van der Waals surface area contributed by atoms with Crippen LogP contribution in [0, 0.1) is 11.8 Å². The lowest BCUT2D eigenvalue weighted by atomic mass is 9.95. The number of nitrogens with one attached hydrogen (secondary N) is 1. The van der Waals surface area contributed by atoms with Crippen LogP contribution in [0.3, 0.4) is 0 Å². The molecule has 3 aliphatic heterocycles. The van der Waals surface area contributed by atoms with Crippen molar-refractivity contribution in [1.82, 2.24) is 24.8 Å². The second kappa shape index (κ2) is 16.9. The Hall–Kier alpha value is -4.85. The van der Waals surface area contributed by atoms with Gasteiger partial charge in [-0.2, -0.15) is 0 Å². The second-order valence-electron chi connectivity index (χ2n) is 18.5. The number of aromatic nitrogens is 1. The van der Waals surface area contributed by atoms with Crippen LogP contribution in [0.2, 0.25) is 0 Å². The number of anilines is 1. The highest BCUT2D eigenvalue weighted by molar-refractivity contribution is 7.57. The van der Waals surface area contributed by atoms with Crippen LogP contribution < -0.4 is 14.7 Å². The number of para-hydroxylation sites is 1. The molecule has 9 atom stereocenters. The first-order valence-corrected chi connectivity index (χ1v) is 24.7. The molecule has 2 saturated carbocycles. The van der Waals surface area contributed by atoms with E-state index < -0.39 is 43.4 Å². The van der Waals surface area contributed by atoms with Crippen LogP contribution in [0.15, 0.2) is 73.1 Å². The average molecular weight is 899 g/mol. The van der Waals surface area contributed by atoms with Crippen molar-refractivity contribution in [1.29, 1.82) is 0 Å². The van der Waals surface area contributed by atoms with Gasteiger partial charge in [0.25, 0.3) is 5.91 Å². The molecule has 3 amide bonds. The average Bonchev–Trinajstić information content (AvgIpc) is 4.02. The zero-order valence-corrected chi connectivity index (χ0v) is 37.9. The number of carbonyl (C=O) groups excluding carboxylic acids is 3. The van der Waals surface area contributed by atoms with Gasteiger partial charge in [0.1, 0.15) is 23.9 Å². The van der Waals surface area contributed by atoms with Gasteiger partial charge in [-0.3, -0.25) is 28.7 Å². The van der Waals surface area contributed by atoms with Crippen LogP contribution in [0.25, 0.3) is 10.1 Å². The van der Waals surface area contributed by atoms with E-state index in [-0.39, 0.29) is 47.2 Å². The zero-order chi connectivity index (χ0) is 44.4. The number of rotatable bonds is 14. The Morgan fingerprint density at radius 2 is 1.83 bits per heavy atom. The largest absolute Gasteiger partial charge is 0.480 e. The summed E-state index contributed by atoms with van der Waals surface area (Å²) in [6, 6.07) is 13.7. The highest BCUT2D eigenvalue weighted by Gasteiger charge is 2.59. The fourth-order valence-electron chi connectivity index (χ4n) is 10.7. The maximum Gasteiger partial charge on any atom is 0.358 e. The fraction of sp³-hybridized carbons (Fsp3) is 0.511. The molecule has 4 aromatic rings. The number of nitrogens with zero attached hydrogens (tertiary/aromatic N) is 5. The van der Waals surface area contributed by atoms with Crippen LogP contribution in [0.5, 0.6) is 5.75 Å². The third kappa shape index (κ3) is 8.14. The molecule has 0 unspecified atom stereocenters. The molecular formula is C47H56FN6O7PS. The maximum atomic E-state index is 16.9. The number of pyridine rings is 1. The number of fused-ring (bicyclic) bond motifs is 3. The molecule has 16 heteroatoms. The van der Waals surface area contributed by atoms with E-state index in [4.69, 9.17) is 4.52 Å². The smallest absolute Gasteiger partial charge is 0.358 e. The number of halogens is 1. The first-order chi connectivity index (χ1) is 30.2. The number of likely N-dealkylation sites (tertiary alicyclic amines) is 1. The molecule has 13 nitrogen and oxygen atoms in total. The van der Waals surface area contributed by atoms with Gasteiger partial charge in [-0.1, -0.05) is 31.2 Å². The predicted molar refractivity (Wildman–Crippen MR) is 240 cm³/mol. The first kappa shape index (κ1) is 43.4. The Kier molecular flexibility index (Phi) is 11.7. The van der Waals surface area contributed by atoms with Gasteiger partial charge in [0.15, 0.2) is 0 Å². The SMILES string of the molecule is CCCN([C@@H](C)C(=O)O)[P@@](=O)(Oc1ccccc1)[C@@H](F)c1ccc2sc(C(=O)N[C@H]3C[C@@H]4C[C@@H]4C[C@H]4CC[C@@H](C(=O)N5C[C@@H](c6cnccc6N(C)C)CC56CC6)N4C3=O)cc2c1. The molecule has 0 bridgehead atoms. The summed E-state index contributed by atoms with van der Waals surface area (Å²) in [5, 5.41) is 13.5. The number of hydrogen-bond acceptors (Lipinski definition) is 9. The normalized spacial score (nSPS) is 26.6. The molecule has 5 heterocycles. The lowest BCUT2D eigenvalue weighted by molar-refractivity contribution is -0.148. The van der Waals surface area contributed by atoms with Gasteiger partial charge in [0, 0.05) is 67.5 Å². The quantitative estimate of drug-likeness (QED) is 0.119. The summed E-state index contributed by atoms with van der Waals surface area (Å²) in [6.45, 7) is 3.76. The third-order valence-electron chi connectivity index (χ3n) is 14.2. The minimum absolute atomic E-state index is 0.0135. The van der Waals surface area contributed by atoms with Crippen molar-refractivity contribution in [3.05, 3.63) is 89.1 Å². The molecule has 2 aliphatic carbocycles. The van der Waals surface area contributed by atoms with Gasteiger partial charge in [-0.05, 0) is 129 Å². The van der Waals surface area contributed by atoms with Crippen LogP contribution in [0.1, 0.15) is 104 Å². The minimum atomic E-state index is -4.54. The predicted octanol–water partition coefficient (Wildman–Crippen LogP) is 8.22. The number of alkyl halides is 1. The molecule has 5 aliphatic rings. The van der Waals surface area contributed by atoms with E-state index in [0.29, 0.717) is 52.6 Å². The summed E-state index contributed by atoms with van der Waals surface area (Å²) in [5.41, 5.74) is 2.07. The van der Waals surface area contributed by atoms with E-state index in [1.165, 1.54) is 30.4 Å². The van der Waals surface area contributed by atoms with E-state index in [0.717, 1.165) is 54.4 Å². The topological polar surface area (TPSA) is 153 Å². The van der Waals surface area contributed by atoms with Gasteiger partial charge in [0.05, 0.1) is 4.88 Å². The monoisotopic (exact) mass is 898 g/mol. The van der Waals surface area contributed by atoms with Crippen LogP contribution in [-0.4, -0.2) is 105 Å². The van der Waals surface area contributed by atoms with Crippen LogP contribution in [-0.2, 0) is 18.9 Å². The van der Waals surface area contributed by atoms with Crippen LogP contribution >= 0.6 is 18.9 Å². The molecule has 0 radical (unpaired) electrons. The van der Waals surface area contributed by atoms with Crippen molar-refractivity contribution in [3.63, 3.8) is 0 Å². The Labute approximate surface area is 371 Å². The molecular weight excluding hydrogens is 843 g/mol. The highest BCUT2D eigenvalue weighted by Crippen LogP contribution is 2.64. The van der Waals surface area contributed by atoms with Crippen molar-refractivity contribution in [2.45, 2.75) is 113 Å².